The molecule has 0 radical (unpaired) electrons. The van der Waals surface area contributed by atoms with Crippen LogP contribution < -0.4 is 0 Å². The maximum Gasteiger partial charge on any atom is 0.303 e. The molecule has 6 nitrogen and oxygen atoms in total. The summed E-state index contributed by atoms with van der Waals surface area (Å²) in [4.78, 5) is 17.1. The van der Waals surface area contributed by atoms with Crippen molar-refractivity contribution in [3.8, 4) is 0 Å². The van der Waals surface area contributed by atoms with Gasteiger partial charge in [0.05, 0.1) is 6.54 Å². The van der Waals surface area contributed by atoms with E-state index in [1.54, 1.807) is 0 Å². The largest absolute Gasteiger partial charge is 0.481 e. The SMILES string of the molecule is CC(C)N(CCCC(=O)O)Cc1nc(C(C)(C)C)no1. The minimum absolute atomic E-state index is 0.131. The molecule has 0 unspecified atom stereocenters. The van der Waals surface area contributed by atoms with E-state index >= 15 is 0 Å². The first-order valence-electron chi connectivity index (χ1n) is 6.99. The van der Waals surface area contributed by atoms with Crippen molar-refractivity contribution < 1.29 is 14.4 Å². The van der Waals surface area contributed by atoms with Gasteiger partial charge >= 0.3 is 5.97 Å². The highest BCUT2D eigenvalue weighted by molar-refractivity contribution is 5.66. The van der Waals surface area contributed by atoms with E-state index in [0.717, 1.165) is 0 Å². The normalized spacial score (nSPS) is 12.3. The number of carbonyl (C=O) groups is 1. The van der Waals surface area contributed by atoms with Gasteiger partial charge in [0.15, 0.2) is 5.82 Å². The summed E-state index contributed by atoms with van der Waals surface area (Å²) in [5.74, 6) is 0.516. The van der Waals surface area contributed by atoms with Crippen molar-refractivity contribution in [3.05, 3.63) is 11.7 Å². The third kappa shape index (κ3) is 5.28. The van der Waals surface area contributed by atoms with Gasteiger partial charge in [-0.05, 0) is 26.8 Å². The summed E-state index contributed by atoms with van der Waals surface area (Å²) in [6, 6.07) is 0.300. The predicted octanol–water partition coefficient (Wildman–Crippen LogP) is 2.44. The van der Waals surface area contributed by atoms with E-state index in [0.29, 0.717) is 37.3 Å². The standard InChI is InChI=1S/C14H25N3O3/c1-10(2)17(8-6-7-12(18)19)9-11-15-13(16-20-11)14(3,4)5/h10H,6-9H2,1-5H3,(H,18,19). The lowest BCUT2D eigenvalue weighted by Gasteiger charge is -2.24. The highest BCUT2D eigenvalue weighted by Gasteiger charge is 2.22. The molecule has 0 saturated carbocycles. The molecule has 1 aromatic rings. The van der Waals surface area contributed by atoms with E-state index < -0.39 is 5.97 Å². The molecule has 0 fully saturated rings. The third-order valence-corrected chi connectivity index (χ3v) is 3.04. The first kappa shape index (κ1) is 16.6. The molecule has 0 saturated heterocycles. The lowest BCUT2D eigenvalue weighted by Crippen LogP contribution is -2.31. The first-order chi connectivity index (χ1) is 9.20. The second-order valence-electron chi connectivity index (χ2n) is 6.32. The summed E-state index contributed by atoms with van der Waals surface area (Å²) in [6.07, 6.45) is 0.800. The summed E-state index contributed by atoms with van der Waals surface area (Å²) in [6.45, 7) is 11.5. The van der Waals surface area contributed by atoms with Crippen LogP contribution in [0.15, 0.2) is 4.52 Å². The quantitative estimate of drug-likeness (QED) is 0.828. The number of hydrogen-bond donors (Lipinski definition) is 1. The van der Waals surface area contributed by atoms with Crippen LogP contribution in [0.25, 0.3) is 0 Å². The minimum atomic E-state index is -0.762. The Labute approximate surface area is 120 Å². The van der Waals surface area contributed by atoms with Gasteiger partial charge in [-0.25, -0.2) is 0 Å². The number of aliphatic carboxylic acids is 1. The van der Waals surface area contributed by atoms with Crippen LogP contribution in [0.3, 0.4) is 0 Å². The first-order valence-corrected chi connectivity index (χ1v) is 6.99. The Kier molecular flexibility index (Phi) is 5.68. The summed E-state index contributed by atoms with van der Waals surface area (Å²) < 4.78 is 5.28. The van der Waals surface area contributed by atoms with E-state index in [9.17, 15) is 4.79 Å². The van der Waals surface area contributed by atoms with Crippen LogP contribution in [0.4, 0.5) is 0 Å². The molecule has 0 aliphatic rings. The Morgan fingerprint density at radius 2 is 2.05 bits per heavy atom. The molecular formula is C14H25N3O3. The van der Waals surface area contributed by atoms with Crippen molar-refractivity contribution in [2.45, 2.75) is 65.5 Å². The van der Waals surface area contributed by atoms with Crippen LogP contribution in [0.5, 0.6) is 0 Å². The fraction of sp³-hybridized carbons (Fsp3) is 0.786. The van der Waals surface area contributed by atoms with Gasteiger partial charge in [0.25, 0.3) is 0 Å². The van der Waals surface area contributed by atoms with Crippen LogP contribution in [0.2, 0.25) is 0 Å². The number of nitrogens with zero attached hydrogens (tertiary/aromatic N) is 3. The van der Waals surface area contributed by atoms with Crippen LogP contribution in [0, 0.1) is 0 Å². The molecule has 114 valence electrons. The topological polar surface area (TPSA) is 79.5 Å². The van der Waals surface area contributed by atoms with E-state index in [4.69, 9.17) is 9.63 Å². The molecule has 0 bridgehead atoms. The van der Waals surface area contributed by atoms with Crippen molar-refractivity contribution in [2.75, 3.05) is 6.54 Å². The van der Waals surface area contributed by atoms with Crippen LogP contribution in [0.1, 0.15) is 59.2 Å². The molecule has 20 heavy (non-hydrogen) atoms. The zero-order valence-corrected chi connectivity index (χ0v) is 13.0. The smallest absolute Gasteiger partial charge is 0.303 e. The molecule has 0 aliphatic heterocycles. The monoisotopic (exact) mass is 283 g/mol. The van der Waals surface area contributed by atoms with Crippen molar-refractivity contribution in [2.24, 2.45) is 0 Å². The second-order valence-corrected chi connectivity index (χ2v) is 6.32. The molecule has 0 spiro atoms. The van der Waals surface area contributed by atoms with Gasteiger partial charge in [0, 0.05) is 17.9 Å². The maximum atomic E-state index is 10.6. The van der Waals surface area contributed by atoms with Gasteiger partial charge in [0.1, 0.15) is 0 Å². The van der Waals surface area contributed by atoms with Crippen molar-refractivity contribution in [1.82, 2.24) is 15.0 Å². The van der Waals surface area contributed by atoms with Gasteiger partial charge in [-0.1, -0.05) is 25.9 Å². The van der Waals surface area contributed by atoms with E-state index in [-0.39, 0.29) is 11.8 Å². The second kappa shape index (κ2) is 6.83. The summed E-state index contributed by atoms with van der Waals surface area (Å²) in [5.41, 5.74) is -0.131. The Morgan fingerprint density at radius 1 is 1.40 bits per heavy atom. The Hall–Kier alpha value is -1.43. The lowest BCUT2D eigenvalue weighted by atomic mass is 9.96. The Bertz CT molecular complexity index is 435. The molecule has 0 amide bonds. The number of carboxylic acids is 1. The fourth-order valence-electron chi connectivity index (χ4n) is 1.75. The average molecular weight is 283 g/mol. The molecule has 6 heteroatoms. The average Bonchev–Trinajstić information content (AvgIpc) is 2.75. The van der Waals surface area contributed by atoms with Crippen LogP contribution >= 0.6 is 0 Å². The molecule has 1 heterocycles. The number of hydrogen-bond acceptors (Lipinski definition) is 5. The summed E-state index contributed by atoms with van der Waals surface area (Å²) in [7, 11) is 0. The summed E-state index contributed by atoms with van der Waals surface area (Å²) in [5, 5.41) is 12.7. The molecule has 1 N–H and O–H groups in total. The van der Waals surface area contributed by atoms with Crippen molar-refractivity contribution >= 4 is 5.97 Å². The number of carboxylic acid groups (broad SMARTS) is 1. The van der Waals surface area contributed by atoms with Gasteiger partial charge in [-0.2, -0.15) is 4.98 Å². The van der Waals surface area contributed by atoms with Crippen LogP contribution in [-0.4, -0.2) is 38.7 Å². The molecular weight excluding hydrogens is 258 g/mol. The van der Waals surface area contributed by atoms with E-state index in [1.165, 1.54) is 0 Å². The molecule has 1 rings (SSSR count). The lowest BCUT2D eigenvalue weighted by molar-refractivity contribution is -0.137. The minimum Gasteiger partial charge on any atom is -0.481 e. The highest BCUT2D eigenvalue weighted by atomic mass is 16.5. The number of aromatic nitrogens is 2. The maximum absolute atomic E-state index is 10.6. The Morgan fingerprint density at radius 3 is 2.50 bits per heavy atom. The van der Waals surface area contributed by atoms with Gasteiger partial charge in [0.2, 0.25) is 5.89 Å². The van der Waals surface area contributed by atoms with Crippen LogP contribution in [-0.2, 0) is 16.8 Å². The van der Waals surface area contributed by atoms with Gasteiger partial charge in [-0.15, -0.1) is 0 Å². The Balaban J connectivity index is 2.61. The van der Waals surface area contributed by atoms with Crippen molar-refractivity contribution in [1.29, 1.82) is 0 Å². The summed E-state index contributed by atoms with van der Waals surface area (Å²) >= 11 is 0. The van der Waals surface area contributed by atoms with Gasteiger partial charge < -0.3 is 9.63 Å². The fourth-order valence-corrected chi connectivity index (χ4v) is 1.75. The van der Waals surface area contributed by atoms with Gasteiger partial charge in [-0.3, -0.25) is 9.69 Å². The zero-order valence-electron chi connectivity index (χ0n) is 13.0. The zero-order chi connectivity index (χ0) is 15.3. The van der Waals surface area contributed by atoms with E-state index in [2.05, 4.69) is 28.9 Å². The van der Waals surface area contributed by atoms with E-state index in [1.807, 2.05) is 20.8 Å². The molecule has 0 aromatic carbocycles. The molecule has 1 aromatic heterocycles. The number of rotatable bonds is 7. The predicted molar refractivity (Wildman–Crippen MR) is 75.4 cm³/mol. The third-order valence-electron chi connectivity index (χ3n) is 3.04. The van der Waals surface area contributed by atoms with Crippen molar-refractivity contribution in [3.63, 3.8) is 0 Å². The molecule has 0 aliphatic carbocycles. The molecule has 0 atom stereocenters. The highest BCUT2D eigenvalue weighted by Crippen LogP contribution is 2.19.